The quantitative estimate of drug-likeness (QED) is 0.345. The molecule has 1 aromatic carbocycles. The van der Waals surface area contributed by atoms with Gasteiger partial charge in [0, 0.05) is 65.5 Å². The molecule has 2 rings (SSSR count). The molecule has 1 fully saturated rings. The van der Waals surface area contributed by atoms with E-state index < -0.39 is 0 Å². The van der Waals surface area contributed by atoms with Crippen molar-refractivity contribution in [2.75, 3.05) is 68.0 Å². The molecule has 28 heavy (non-hydrogen) atoms. The fourth-order valence-corrected chi connectivity index (χ4v) is 3.20. The van der Waals surface area contributed by atoms with Gasteiger partial charge in [0.2, 0.25) is 0 Å². The van der Waals surface area contributed by atoms with Gasteiger partial charge in [-0.3, -0.25) is 14.7 Å². The minimum atomic E-state index is 0. The van der Waals surface area contributed by atoms with Crippen molar-refractivity contribution < 1.29 is 4.79 Å². The minimum absolute atomic E-state index is 0. The lowest BCUT2D eigenvalue weighted by molar-refractivity contribution is 0.0827. The summed E-state index contributed by atoms with van der Waals surface area (Å²) in [4.78, 5) is 22.8. The second kappa shape index (κ2) is 12.2. The van der Waals surface area contributed by atoms with Crippen LogP contribution < -0.4 is 10.6 Å². The van der Waals surface area contributed by atoms with Crippen LogP contribution in [0.5, 0.6) is 0 Å². The van der Waals surface area contributed by atoms with Crippen LogP contribution in [-0.2, 0) is 6.42 Å². The Morgan fingerprint density at radius 1 is 1.25 bits per heavy atom. The topological polar surface area (TPSA) is 63.2 Å². The molecule has 0 spiro atoms. The zero-order chi connectivity index (χ0) is 19.8. The van der Waals surface area contributed by atoms with E-state index in [-0.39, 0.29) is 29.9 Å². The van der Waals surface area contributed by atoms with E-state index in [9.17, 15) is 4.79 Å². The molecule has 2 N–H and O–H groups in total. The molecule has 158 valence electrons. The number of likely N-dealkylation sites (N-methyl/N-ethyl adjacent to an activating group) is 2. The van der Waals surface area contributed by atoms with Crippen LogP contribution in [0.1, 0.15) is 15.9 Å². The van der Waals surface area contributed by atoms with Gasteiger partial charge in [-0.25, -0.2) is 0 Å². The van der Waals surface area contributed by atoms with Crippen LogP contribution in [0.15, 0.2) is 29.3 Å². The van der Waals surface area contributed by atoms with Gasteiger partial charge in [-0.2, -0.15) is 0 Å². The van der Waals surface area contributed by atoms with E-state index in [0.29, 0.717) is 6.04 Å². The molecule has 1 atom stereocenters. The fraction of sp³-hybridized carbons (Fsp3) is 0.600. The first kappa shape index (κ1) is 24.6. The predicted molar refractivity (Wildman–Crippen MR) is 127 cm³/mol. The number of nitrogens with one attached hydrogen (secondary N) is 2. The van der Waals surface area contributed by atoms with Gasteiger partial charge >= 0.3 is 0 Å². The van der Waals surface area contributed by atoms with Gasteiger partial charge < -0.3 is 20.4 Å². The van der Waals surface area contributed by atoms with Crippen molar-refractivity contribution in [2.24, 2.45) is 4.99 Å². The van der Waals surface area contributed by atoms with Crippen molar-refractivity contribution >= 4 is 35.8 Å². The number of piperazine rings is 1. The lowest BCUT2D eigenvalue weighted by Crippen LogP contribution is -2.55. The summed E-state index contributed by atoms with van der Waals surface area (Å²) in [5.41, 5.74) is 1.86. The molecule has 1 aliphatic rings. The van der Waals surface area contributed by atoms with Crippen molar-refractivity contribution in [3.8, 4) is 0 Å². The number of hydrogen-bond acceptors (Lipinski definition) is 4. The average molecular weight is 502 g/mol. The van der Waals surface area contributed by atoms with Crippen molar-refractivity contribution in [3.05, 3.63) is 35.4 Å². The minimum Gasteiger partial charge on any atom is -0.356 e. The number of carbonyl (C=O) groups excluding carboxylic acids is 1. The predicted octanol–water partition coefficient (Wildman–Crippen LogP) is 0.960. The van der Waals surface area contributed by atoms with Crippen molar-refractivity contribution in [1.82, 2.24) is 25.3 Å². The van der Waals surface area contributed by atoms with Crippen LogP contribution in [0.4, 0.5) is 0 Å². The molecule has 1 unspecified atom stereocenters. The summed E-state index contributed by atoms with van der Waals surface area (Å²) in [6, 6.07) is 8.30. The number of carbonyl (C=O) groups is 1. The highest BCUT2D eigenvalue weighted by molar-refractivity contribution is 14.0. The Kier molecular flexibility index (Phi) is 10.8. The Hall–Kier alpha value is -1.39. The van der Waals surface area contributed by atoms with E-state index in [1.54, 1.807) is 26.0 Å². The van der Waals surface area contributed by atoms with Crippen molar-refractivity contribution in [3.63, 3.8) is 0 Å². The summed E-state index contributed by atoms with van der Waals surface area (Å²) in [6.45, 7) is 4.91. The van der Waals surface area contributed by atoms with E-state index in [4.69, 9.17) is 0 Å². The van der Waals surface area contributed by atoms with E-state index >= 15 is 0 Å². The van der Waals surface area contributed by atoms with Gasteiger partial charge in [-0.15, -0.1) is 24.0 Å². The number of benzene rings is 1. The average Bonchev–Trinajstić information content (AvgIpc) is 2.66. The Labute approximate surface area is 186 Å². The molecular weight excluding hydrogens is 467 g/mol. The Morgan fingerprint density at radius 3 is 2.68 bits per heavy atom. The molecule has 0 aliphatic carbocycles. The monoisotopic (exact) mass is 502 g/mol. The molecule has 1 amide bonds. The largest absolute Gasteiger partial charge is 0.356 e. The molecule has 1 saturated heterocycles. The van der Waals surface area contributed by atoms with E-state index in [1.165, 1.54) is 0 Å². The number of amides is 1. The molecular formula is C20H35IN6O. The maximum atomic E-state index is 12.1. The summed E-state index contributed by atoms with van der Waals surface area (Å²) >= 11 is 0. The molecule has 1 aliphatic heterocycles. The van der Waals surface area contributed by atoms with Gasteiger partial charge in [0.1, 0.15) is 0 Å². The SMILES string of the molecule is CN=C(NCCc1cccc(C(=O)N(C)C)c1)NCC1CN(C)CCN1C.I. The Balaban J connectivity index is 0.00000392. The summed E-state index contributed by atoms with van der Waals surface area (Å²) < 4.78 is 0. The number of rotatable bonds is 6. The second-order valence-corrected chi connectivity index (χ2v) is 7.43. The second-order valence-electron chi connectivity index (χ2n) is 7.43. The van der Waals surface area contributed by atoms with E-state index in [2.05, 4.69) is 45.6 Å². The first-order chi connectivity index (χ1) is 12.9. The van der Waals surface area contributed by atoms with Crippen LogP contribution in [0.2, 0.25) is 0 Å². The highest BCUT2D eigenvalue weighted by Crippen LogP contribution is 2.08. The third kappa shape index (κ3) is 7.56. The summed E-state index contributed by atoms with van der Waals surface area (Å²) in [5.74, 6) is 0.848. The van der Waals surface area contributed by atoms with Crippen LogP contribution in [-0.4, -0.2) is 101 Å². The highest BCUT2D eigenvalue weighted by Gasteiger charge is 2.21. The summed E-state index contributed by atoms with van der Waals surface area (Å²) in [7, 11) is 9.68. The Morgan fingerprint density at radius 2 is 2.00 bits per heavy atom. The number of halogens is 1. The number of aliphatic imine (C=N–C) groups is 1. The first-order valence-corrected chi connectivity index (χ1v) is 9.54. The summed E-state index contributed by atoms with van der Waals surface area (Å²) in [5, 5.41) is 6.80. The van der Waals surface area contributed by atoms with Crippen LogP contribution in [0.3, 0.4) is 0 Å². The molecule has 0 bridgehead atoms. The standard InChI is InChI=1S/C20H34N6O.HI/c1-21-20(23-14-18-15-25(4)11-12-26(18)5)22-10-9-16-7-6-8-17(13-16)19(27)24(2)3;/h6-8,13,18H,9-12,14-15H2,1-5H3,(H2,21,22,23);1H. The van der Waals surface area contributed by atoms with Crippen molar-refractivity contribution in [1.29, 1.82) is 0 Å². The third-order valence-corrected chi connectivity index (χ3v) is 5.00. The van der Waals surface area contributed by atoms with Crippen LogP contribution >= 0.6 is 24.0 Å². The smallest absolute Gasteiger partial charge is 0.253 e. The number of nitrogens with zero attached hydrogens (tertiary/aromatic N) is 4. The lowest BCUT2D eigenvalue weighted by Gasteiger charge is -2.37. The normalized spacial score (nSPS) is 18.3. The highest BCUT2D eigenvalue weighted by atomic mass is 127. The van der Waals surface area contributed by atoms with Crippen molar-refractivity contribution in [2.45, 2.75) is 12.5 Å². The first-order valence-electron chi connectivity index (χ1n) is 9.54. The van der Waals surface area contributed by atoms with Gasteiger partial charge in [0.05, 0.1) is 0 Å². The maximum Gasteiger partial charge on any atom is 0.253 e. The molecule has 8 heteroatoms. The molecule has 0 aromatic heterocycles. The fourth-order valence-electron chi connectivity index (χ4n) is 3.20. The molecule has 0 saturated carbocycles. The van der Waals surface area contributed by atoms with E-state index in [0.717, 1.165) is 56.2 Å². The molecule has 0 radical (unpaired) electrons. The zero-order valence-electron chi connectivity index (χ0n) is 17.7. The van der Waals surface area contributed by atoms with Gasteiger partial charge in [0.15, 0.2) is 5.96 Å². The zero-order valence-corrected chi connectivity index (χ0v) is 20.1. The summed E-state index contributed by atoms with van der Waals surface area (Å²) in [6.07, 6.45) is 0.835. The lowest BCUT2D eigenvalue weighted by atomic mass is 10.1. The van der Waals surface area contributed by atoms with Gasteiger partial charge in [-0.1, -0.05) is 12.1 Å². The van der Waals surface area contributed by atoms with E-state index in [1.807, 2.05) is 18.2 Å². The van der Waals surface area contributed by atoms with Crippen LogP contribution in [0.25, 0.3) is 0 Å². The third-order valence-electron chi connectivity index (χ3n) is 5.00. The Bertz CT molecular complexity index is 651. The number of guanidine groups is 1. The molecule has 7 nitrogen and oxygen atoms in total. The number of hydrogen-bond donors (Lipinski definition) is 2. The molecule has 1 heterocycles. The maximum absolute atomic E-state index is 12.1. The van der Waals surface area contributed by atoms with Gasteiger partial charge in [0.25, 0.3) is 5.91 Å². The van der Waals surface area contributed by atoms with Gasteiger partial charge in [-0.05, 0) is 38.2 Å². The molecule has 1 aromatic rings. The van der Waals surface area contributed by atoms with Crippen LogP contribution in [0, 0.1) is 0 Å².